The molecular formula is C21H21N5O. The highest BCUT2D eigenvalue weighted by atomic mass is 16.5. The van der Waals surface area contributed by atoms with Crippen LogP contribution in [0.5, 0.6) is 5.75 Å². The first-order chi connectivity index (χ1) is 13.2. The molecule has 0 amide bonds. The number of hydrogen-bond donors (Lipinski definition) is 1. The lowest BCUT2D eigenvalue weighted by molar-refractivity contribution is 0.410. The predicted molar refractivity (Wildman–Crippen MR) is 107 cm³/mol. The number of methoxy groups -OCH3 is 1. The van der Waals surface area contributed by atoms with Crippen LogP contribution < -0.4 is 10.1 Å². The Morgan fingerprint density at radius 3 is 2.85 bits per heavy atom. The van der Waals surface area contributed by atoms with Crippen LogP contribution in [0.15, 0.2) is 61.2 Å². The quantitative estimate of drug-likeness (QED) is 0.569. The molecule has 0 fully saturated rings. The number of fused-ring (bicyclic) bond motifs is 1. The van der Waals surface area contributed by atoms with Gasteiger partial charge in [0, 0.05) is 43.0 Å². The third-order valence-electron chi connectivity index (χ3n) is 4.56. The van der Waals surface area contributed by atoms with Crippen LogP contribution in [0.2, 0.25) is 0 Å². The highest BCUT2D eigenvalue weighted by molar-refractivity contribution is 5.81. The van der Waals surface area contributed by atoms with E-state index < -0.39 is 0 Å². The number of nitrogens with one attached hydrogen (secondary N) is 1. The second-order valence-electron chi connectivity index (χ2n) is 6.34. The van der Waals surface area contributed by atoms with Crippen molar-refractivity contribution < 1.29 is 4.74 Å². The van der Waals surface area contributed by atoms with Gasteiger partial charge in [0.05, 0.1) is 12.8 Å². The molecule has 3 aromatic heterocycles. The number of pyridine rings is 1. The zero-order valence-electron chi connectivity index (χ0n) is 15.4. The summed E-state index contributed by atoms with van der Waals surface area (Å²) >= 11 is 0. The first kappa shape index (κ1) is 17.0. The summed E-state index contributed by atoms with van der Waals surface area (Å²) in [5.41, 5.74) is 3.95. The maximum absolute atomic E-state index is 5.40. The molecule has 0 aliphatic heterocycles. The van der Waals surface area contributed by atoms with Crippen molar-refractivity contribution in [2.45, 2.75) is 6.42 Å². The van der Waals surface area contributed by atoms with Gasteiger partial charge in [-0.05, 0) is 30.2 Å². The number of hydrogen-bond acceptors (Lipinski definition) is 5. The summed E-state index contributed by atoms with van der Waals surface area (Å²) in [5.74, 6) is 1.70. The number of aryl methyl sites for hydroxylation is 1. The Balaban J connectivity index is 1.48. The van der Waals surface area contributed by atoms with Gasteiger partial charge in [-0.1, -0.05) is 18.2 Å². The molecule has 1 N–H and O–H groups in total. The summed E-state index contributed by atoms with van der Waals surface area (Å²) in [5, 5.41) is 4.46. The Hall–Kier alpha value is -3.41. The van der Waals surface area contributed by atoms with Gasteiger partial charge in [0.15, 0.2) is 0 Å². The van der Waals surface area contributed by atoms with E-state index in [1.807, 2.05) is 48.3 Å². The van der Waals surface area contributed by atoms with Crippen molar-refractivity contribution >= 4 is 16.9 Å². The van der Waals surface area contributed by atoms with E-state index in [9.17, 15) is 0 Å². The van der Waals surface area contributed by atoms with Gasteiger partial charge in [-0.3, -0.25) is 0 Å². The van der Waals surface area contributed by atoms with Crippen molar-refractivity contribution in [3.05, 3.63) is 66.7 Å². The van der Waals surface area contributed by atoms with Crippen LogP contribution in [0.4, 0.5) is 5.82 Å². The van der Waals surface area contributed by atoms with Crippen molar-refractivity contribution in [1.29, 1.82) is 0 Å². The van der Waals surface area contributed by atoms with Crippen LogP contribution in [0.3, 0.4) is 0 Å². The summed E-state index contributed by atoms with van der Waals surface area (Å²) < 4.78 is 7.40. The molecule has 6 nitrogen and oxygen atoms in total. The fraction of sp³-hybridized carbons (Fsp3) is 0.190. The molecule has 1 aromatic carbocycles. The number of anilines is 1. The molecule has 4 rings (SSSR count). The molecule has 6 heteroatoms. The number of aromatic nitrogens is 4. The average molecular weight is 359 g/mol. The van der Waals surface area contributed by atoms with Gasteiger partial charge in [0.2, 0.25) is 0 Å². The van der Waals surface area contributed by atoms with Crippen molar-refractivity contribution in [2.24, 2.45) is 7.05 Å². The normalized spacial score (nSPS) is 10.9. The number of para-hydroxylation sites is 1. The molecule has 0 spiro atoms. The van der Waals surface area contributed by atoms with Gasteiger partial charge in [-0.15, -0.1) is 0 Å². The molecule has 4 aromatic rings. The molecule has 0 saturated heterocycles. The maximum Gasteiger partial charge on any atom is 0.139 e. The molecule has 0 aliphatic rings. The van der Waals surface area contributed by atoms with E-state index in [-0.39, 0.29) is 0 Å². The van der Waals surface area contributed by atoms with Crippen molar-refractivity contribution in [3.63, 3.8) is 0 Å². The number of ether oxygens (including phenoxy) is 1. The topological polar surface area (TPSA) is 64.9 Å². The fourth-order valence-corrected chi connectivity index (χ4v) is 3.14. The minimum atomic E-state index is 0.757. The second-order valence-corrected chi connectivity index (χ2v) is 6.34. The van der Waals surface area contributed by atoms with E-state index >= 15 is 0 Å². The van der Waals surface area contributed by atoms with Crippen molar-refractivity contribution in [3.8, 4) is 17.0 Å². The van der Waals surface area contributed by atoms with Gasteiger partial charge < -0.3 is 14.6 Å². The summed E-state index contributed by atoms with van der Waals surface area (Å²) in [6, 6.07) is 14.2. The molecule has 0 bridgehead atoms. The van der Waals surface area contributed by atoms with Crippen LogP contribution in [-0.4, -0.2) is 33.2 Å². The summed E-state index contributed by atoms with van der Waals surface area (Å²) in [6.45, 7) is 0.757. The smallest absolute Gasteiger partial charge is 0.139 e. The maximum atomic E-state index is 5.40. The molecule has 136 valence electrons. The summed E-state index contributed by atoms with van der Waals surface area (Å²) in [6.07, 6.45) is 6.28. The zero-order chi connectivity index (χ0) is 18.6. The third kappa shape index (κ3) is 3.60. The lowest BCUT2D eigenvalue weighted by atomic mass is 10.1. The minimum absolute atomic E-state index is 0.757. The van der Waals surface area contributed by atoms with E-state index in [4.69, 9.17) is 4.74 Å². The van der Waals surface area contributed by atoms with Crippen molar-refractivity contribution in [2.75, 3.05) is 19.0 Å². The largest absolute Gasteiger partial charge is 0.496 e. The molecule has 0 radical (unpaired) electrons. The summed E-state index contributed by atoms with van der Waals surface area (Å²) in [4.78, 5) is 13.3. The molecule has 27 heavy (non-hydrogen) atoms. The highest BCUT2D eigenvalue weighted by Crippen LogP contribution is 2.23. The van der Waals surface area contributed by atoms with E-state index in [0.717, 1.165) is 46.8 Å². The number of benzene rings is 1. The van der Waals surface area contributed by atoms with Gasteiger partial charge in [-0.25, -0.2) is 15.0 Å². The van der Waals surface area contributed by atoms with Gasteiger partial charge in [-0.2, -0.15) is 0 Å². The van der Waals surface area contributed by atoms with Crippen LogP contribution in [0, 0.1) is 0 Å². The second kappa shape index (κ2) is 7.45. The minimum Gasteiger partial charge on any atom is -0.496 e. The Kier molecular flexibility index (Phi) is 4.70. The first-order valence-electron chi connectivity index (χ1n) is 8.84. The molecular weight excluding hydrogens is 338 g/mol. The molecule has 0 saturated carbocycles. The predicted octanol–water partition coefficient (Wildman–Crippen LogP) is 3.69. The van der Waals surface area contributed by atoms with Gasteiger partial charge >= 0.3 is 0 Å². The third-order valence-corrected chi connectivity index (χ3v) is 4.56. The van der Waals surface area contributed by atoms with E-state index in [1.54, 1.807) is 13.4 Å². The van der Waals surface area contributed by atoms with E-state index in [0.29, 0.717) is 0 Å². The Morgan fingerprint density at radius 2 is 1.96 bits per heavy atom. The Labute approximate surface area is 157 Å². The van der Waals surface area contributed by atoms with Crippen LogP contribution in [0.1, 0.15) is 5.56 Å². The molecule has 0 unspecified atom stereocenters. The highest BCUT2D eigenvalue weighted by Gasteiger charge is 2.07. The van der Waals surface area contributed by atoms with Crippen molar-refractivity contribution in [1.82, 2.24) is 19.5 Å². The van der Waals surface area contributed by atoms with Gasteiger partial charge in [0.25, 0.3) is 0 Å². The lowest BCUT2D eigenvalue weighted by Gasteiger charge is -2.10. The monoisotopic (exact) mass is 359 g/mol. The van der Waals surface area contributed by atoms with Gasteiger partial charge in [0.1, 0.15) is 23.5 Å². The fourth-order valence-electron chi connectivity index (χ4n) is 3.14. The molecule has 0 atom stereocenters. The standard InChI is InChI=1S/C21H21N5O/c1-26-10-8-16-11-17(13-23-21(16)26)18-12-20(25-14-24-18)22-9-7-15-5-3-4-6-19(15)27-2/h3-6,8,10-14H,7,9H2,1-2H3,(H,22,24,25). The van der Waals surface area contributed by atoms with Crippen LogP contribution >= 0.6 is 0 Å². The molecule has 3 heterocycles. The van der Waals surface area contributed by atoms with E-state index in [2.05, 4.69) is 38.5 Å². The Bertz CT molecular complexity index is 1070. The van der Waals surface area contributed by atoms with Crippen LogP contribution in [-0.2, 0) is 13.5 Å². The lowest BCUT2D eigenvalue weighted by Crippen LogP contribution is -2.07. The SMILES string of the molecule is COc1ccccc1CCNc1cc(-c2cnc3c(ccn3C)c2)ncn1. The van der Waals surface area contributed by atoms with Crippen LogP contribution in [0.25, 0.3) is 22.3 Å². The first-order valence-corrected chi connectivity index (χ1v) is 8.84. The zero-order valence-corrected chi connectivity index (χ0v) is 15.4. The number of nitrogens with zero attached hydrogens (tertiary/aromatic N) is 4. The van der Waals surface area contributed by atoms with E-state index in [1.165, 1.54) is 5.56 Å². The average Bonchev–Trinajstić information content (AvgIpc) is 3.09. The Morgan fingerprint density at radius 1 is 1.07 bits per heavy atom. The number of rotatable bonds is 6. The molecule has 0 aliphatic carbocycles. The summed E-state index contributed by atoms with van der Waals surface area (Å²) in [7, 11) is 3.68.